The molecule has 2 aromatic heterocycles. The molecule has 2 rings (SSSR count). The van der Waals surface area contributed by atoms with Gasteiger partial charge < -0.3 is 10.6 Å². The standard InChI is InChI=1S/C14H17N5O/c1-15-5-2-6-17-14(20)12-9-18-13(19-10-12)11-3-7-16-8-4-11/h3-4,7-10,15H,2,5-6H2,1H3,(H,17,20). The molecule has 0 aliphatic heterocycles. The summed E-state index contributed by atoms with van der Waals surface area (Å²) in [6, 6.07) is 3.65. The summed E-state index contributed by atoms with van der Waals surface area (Å²) in [4.78, 5) is 24.2. The predicted molar refractivity (Wildman–Crippen MR) is 76.1 cm³/mol. The van der Waals surface area contributed by atoms with E-state index in [9.17, 15) is 4.79 Å². The van der Waals surface area contributed by atoms with Crippen LogP contribution in [0.5, 0.6) is 0 Å². The third-order valence-electron chi connectivity index (χ3n) is 2.74. The molecule has 104 valence electrons. The Morgan fingerprint density at radius 1 is 1.15 bits per heavy atom. The van der Waals surface area contributed by atoms with Gasteiger partial charge in [-0.1, -0.05) is 0 Å². The lowest BCUT2D eigenvalue weighted by atomic mass is 10.2. The zero-order valence-electron chi connectivity index (χ0n) is 11.3. The Bertz CT molecular complexity index is 541. The Balaban J connectivity index is 1.96. The molecular formula is C14H17N5O. The molecule has 6 nitrogen and oxygen atoms in total. The lowest BCUT2D eigenvalue weighted by Gasteiger charge is -2.05. The van der Waals surface area contributed by atoms with Gasteiger partial charge in [0.25, 0.3) is 5.91 Å². The van der Waals surface area contributed by atoms with Gasteiger partial charge in [0, 0.05) is 36.9 Å². The maximum Gasteiger partial charge on any atom is 0.254 e. The van der Waals surface area contributed by atoms with E-state index in [1.54, 1.807) is 12.4 Å². The van der Waals surface area contributed by atoms with Crippen molar-refractivity contribution >= 4 is 5.91 Å². The Morgan fingerprint density at radius 2 is 1.85 bits per heavy atom. The molecule has 0 radical (unpaired) electrons. The number of hydrogen-bond acceptors (Lipinski definition) is 5. The summed E-state index contributed by atoms with van der Waals surface area (Å²) in [5, 5.41) is 5.85. The number of rotatable bonds is 6. The topological polar surface area (TPSA) is 79.8 Å². The first kappa shape index (κ1) is 14.1. The van der Waals surface area contributed by atoms with Gasteiger partial charge in [0.05, 0.1) is 5.56 Å². The third-order valence-corrected chi connectivity index (χ3v) is 2.74. The lowest BCUT2D eigenvalue weighted by molar-refractivity contribution is 0.0952. The van der Waals surface area contributed by atoms with Crippen LogP contribution in [0.2, 0.25) is 0 Å². The summed E-state index contributed by atoms with van der Waals surface area (Å²) in [7, 11) is 1.88. The Labute approximate surface area is 117 Å². The highest BCUT2D eigenvalue weighted by Gasteiger charge is 2.07. The van der Waals surface area contributed by atoms with Gasteiger partial charge in [-0.2, -0.15) is 0 Å². The molecule has 2 heterocycles. The average molecular weight is 271 g/mol. The maximum atomic E-state index is 11.8. The monoisotopic (exact) mass is 271 g/mol. The number of pyridine rings is 1. The minimum Gasteiger partial charge on any atom is -0.352 e. The van der Waals surface area contributed by atoms with Crippen molar-refractivity contribution in [2.24, 2.45) is 0 Å². The number of nitrogens with one attached hydrogen (secondary N) is 2. The van der Waals surface area contributed by atoms with E-state index >= 15 is 0 Å². The van der Waals surface area contributed by atoms with Crippen molar-refractivity contribution in [3.05, 3.63) is 42.5 Å². The minimum atomic E-state index is -0.151. The van der Waals surface area contributed by atoms with Crippen LogP contribution < -0.4 is 10.6 Å². The number of hydrogen-bond donors (Lipinski definition) is 2. The van der Waals surface area contributed by atoms with E-state index in [-0.39, 0.29) is 5.91 Å². The number of carbonyl (C=O) groups is 1. The van der Waals surface area contributed by atoms with Crippen LogP contribution >= 0.6 is 0 Å². The first-order valence-corrected chi connectivity index (χ1v) is 6.46. The van der Waals surface area contributed by atoms with Crippen LogP contribution in [-0.2, 0) is 0 Å². The van der Waals surface area contributed by atoms with Crippen molar-refractivity contribution in [3.8, 4) is 11.4 Å². The number of aromatic nitrogens is 3. The molecule has 20 heavy (non-hydrogen) atoms. The third kappa shape index (κ3) is 3.83. The molecule has 6 heteroatoms. The van der Waals surface area contributed by atoms with Gasteiger partial charge in [0.15, 0.2) is 5.82 Å². The molecule has 0 aromatic carbocycles. The molecule has 0 saturated heterocycles. The smallest absolute Gasteiger partial charge is 0.254 e. The van der Waals surface area contributed by atoms with Crippen molar-refractivity contribution in [3.63, 3.8) is 0 Å². The highest BCUT2D eigenvalue weighted by atomic mass is 16.1. The SMILES string of the molecule is CNCCCNC(=O)c1cnc(-c2ccncc2)nc1. The first-order valence-electron chi connectivity index (χ1n) is 6.46. The molecule has 0 aliphatic carbocycles. The van der Waals surface area contributed by atoms with Crippen LogP contribution in [0.25, 0.3) is 11.4 Å². The maximum absolute atomic E-state index is 11.8. The summed E-state index contributed by atoms with van der Waals surface area (Å²) < 4.78 is 0. The molecule has 0 aliphatic rings. The van der Waals surface area contributed by atoms with E-state index in [0.29, 0.717) is 17.9 Å². The molecular weight excluding hydrogens is 254 g/mol. The Kier molecular flexibility index (Phi) is 5.14. The predicted octanol–water partition coefficient (Wildman–Crippen LogP) is 0.878. The van der Waals surface area contributed by atoms with E-state index in [4.69, 9.17) is 0 Å². The van der Waals surface area contributed by atoms with Crippen molar-refractivity contribution in [1.82, 2.24) is 25.6 Å². The van der Waals surface area contributed by atoms with Gasteiger partial charge in [0.2, 0.25) is 0 Å². The molecule has 0 saturated carbocycles. The quantitative estimate of drug-likeness (QED) is 0.762. The Hall–Kier alpha value is -2.34. The fourth-order valence-corrected chi connectivity index (χ4v) is 1.66. The van der Waals surface area contributed by atoms with Gasteiger partial charge >= 0.3 is 0 Å². The summed E-state index contributed by atoms with van der Waals surface area (Å²) in [6.07, 6.45) is 7.33. The van der Waals surface area contributed by atoms with Gasteiger partial charge in [0.1, 0.15) is 0 Å². The fourth-order valence-electron chi connectivity index (χ4n) is 1.66. The summed E-state index contributed by atoms with van der Waals surface area (Å²) in [5.74, 6) is 0.432. The lowest BCUT2D eigenvalue weighted by Crippen LogP contribution is -2.26. The van der Waals surface area contributed by atoms with Crippen LogP contribution in [0.15, 0.2) is 36.9 Å². The largest absolute Gasteiger partial charge is 0.352 e. The van der Waals surface area contributed by atoms with E-state index in [0.717, 1.165) is 18.5 Å². The molecule has 0 atom stereocenters. The number of amides is 1. The highest BCUT2D eigenvalue weighted by Crippen LogP contribution is 2.12. The molecule has 0 spiro atoms. The van der Waals surface area contributed by atoms with Gasteiger partial charge in [-0.25, -0.2) is 9.97 Å². The summed E-state index contributed by atoms with van der Waals surface area (Å²) in [6.45, 7) is 1.50. The first-order chi connectivity index (χ1) is 9.81. The molecule has 2 N–H and O–H groups in total. The van der Waals surface area contributed by atoms with E-state index < -0.39 is 0 Å². The van der Waals surface area contributed by atoms with Crippen LogP contribution in [0, 0.1) is 0 Å². The second-order valence-corrected chi connectivity index (χ2v) is 4.24. The normalized spacial score (nSPS) is 10.2. The molecule has 0 bridgehead atoms. The van der Waals surface area contributed by atoms with Crippen LogP contribution in [0.4, 0.5) is 0 Å². The van der Waals surface area contributed by atoms with E-state index in [1.807, 2.05) is 19.2 Å². The van der Waals surface area contributed by atoms with Gasteiger partial charge in [-0.3, -0.25) is 9.78 Å². The summed E-state index contributed by atoms with van der Waals surface area (Å²) >= 11 is 0. The second kappa shape index (κ2) is 7.30. The van der Waals surface area contributed by atoms with Gasteiger partial charge in [-0.05, 0) is 32.1 Å². The van der Waals surface area contributed by atoms with Crippen molar-refractivity contribution in [2.45, 2.75) is 6.42 Å². The number of carbonyl (C=O) groups excluding carboxylic acids is 1. The second-order valence-electron chi connectivity index (χ2n) is 4.24. The zero-order valence-corrected chi connectivity index (χ0v) is 11.3. The summed E-state index contributed by atoms with van der Waals surface area (Å²) in [5.41, 5.74) is 1.34. The van der Waals surface area contributed by atoms with E-state index in [2.05, 4.69) is 25.6 Å². The average Bonchev–Trinajstić information content (AvgIpc) is 2.52. The van der Waals surface area contributed by atoms with Crippen molar-refractivity contribution in [2.75, 3.05) is 20.1 Å². The molecule has 1 amide bonds. The fraction of sp³-hybridized carbons (Fsp3) is 0.286. The molecule has 2 aromatic rings. The Morgan fingerprint density at radius 3 is 2.50 bits per heavy atom. The van der Waals surface area contributed by atoms with Crippen LogP contribution in [0.3, 0.4) is 0 Å². The van der Waals surface area contributed by atoms with Crippen LogP contribution in [-0.4, -0.2) is 41.0 Å². The molecule has 0 fully saturated rings. The van der Waals surface area contributed by atoms with Crippen molar-refractivity contribution in [1.29, 1.82) is 0 Å². The van der Waals surface area contributed by atoms with Crippen LogP contribution in [0.1, 0.15) is 16.8 Å². The zero-order chi connectivity index (χ0) is 14.2. The number of nitrogens with zero attached hydrogens (tertiary/aromatic N) is 3. The minimum absolute atomic E-state index is 0.151. The van der Waals surface area contributed by atoms with Gasteiger partial charge in [-0.15, -0.1) is 0 Å². The highest BCUT2D eigenvalue weighted by molar-refractivity contribution is 5.93. The van der Waals surface area contributed by atoms with E-state index in [1.165, 1.54) is 12.4 Å². The molecule has 0 unspecified atom stereocenters. The van der Waals surface area contributed by atoms with Crippen molar-refractivity contribution < 1.29 is 4.79 Å².